The molecule has 0 aromatic rings. The summed E-state index contributed by atoms with van der Waals surface area (Å²) in [4.78, 5) is 13.2. The van der Waals surface area contributed by atoms with E-state index in [0.29, 0.717) is 12.6 Å². The Hall–Kier alpha value is -0.770. The fraction of sp³-hybridized carbons (Fsp3) is 0.875. The van der Waals surface area contributed by atoms with Crippen molar-refractivity contribution in [2.45, 2.75) is 25.3 Å². The molecule has 0 spiro atoms. The van der Waals surface area contributed by atoms with Gasteiger partial charge in [0.2, 0.25) is 0 Å². The Morgan fingerprint density at radius 2 is 2.50 bits per heavy atom. The first-order valence-electron chi connectivity index (χ1n) is 4.48. The van der Waals surface area contributed by atoms with E-state index in [1.807, 2.05) is 4.90 Å². The largest absolute Gasteiger partial charge is 0.341 e. The van der Waals surface area contributed by atoms with E-state index >= 15 is 0 Å². The van der Waals surface area contributed by atoms with Gasteiger partial charge in [-0.25, -0.2) is 4.79 Å². The Morgan fingerprint density at radius 1 is 1.75 bits per heavy atom. The SMILES string of the molecule is CNC(=O)N1CCCC1CCN. The summed E-state index contributed by atoms with van der Waals surface area (Å²) in [5.41, 5.74) is 5.45. The summed E-state index contributed by atoms with van der Waals surface area (Å²) in [5, 5.41) is 2.64. The molecule has 0 aliphatic carbocycles. The minimum absolute atomic E-state index is 0.0333. The maximum absolute atomic E-state index is 11.3. The number of nitrogens with one attached hydrogen (secondary N) is 1. The van der Waals surface area contributed by atoms with Crippen molar-refractivity contribution >= 4 is 6.03 Å². The van der Waals surface area contributed by atoms with Crippen LogP contribution < -0.4 is 11.1 Å². The Morgan fingerprint density at radius 3 is 3.08 bits per heavy atom. The number of hydrogen-bond donors (Lipinski definition) is 2. The fourth-order valence-electron chi connectivity index (χ4n) is 1.74. The zero-order valence-corrected chi connectivity index (χ0v) is 7.55. The van der Waals surface area contributed by atoms with Crippen LogP contribution in [0.3, 0.4) is 0 Å². The minimum Gasteiger partial charge on any atom is -0.341 e. The number of nitrogens with zero attached hydrogens (tertiary/aromatic N) is 1. The molecule has 1 aliphatic rings. The molecular weight excluding hydrogens is 154 g/mol. The summed E-state index contributed by atoms with van der Waals surface area (Å²) in [7, 11) is 1.67. The minimum atomic E-state index is 0.0333. The molecule has 1 rings (SSSR count). The van der Waals surface area contributed by atoms with Crippen molar-refractivity contribution in [3.05, 3.63) is 0 Å². The maximum Gasteiger partial charge on any atom is 0.317 e. The highest BCUT2D eigenvalue weighted by Crippen LogP contribution is 2.19. The first-order valence-corrected chi connectivity index (χ1v) is 4.48. The second kappa shape index (κ2) is 4.30. The van der Waals surface area contributed by atoms with Crippen molar-refractivity contribution in [2.75, 3.05) is 20.1 Å². The van der Waals surface area contributed by atoms with E-state index in [-0.39, 0.29) is 6.03 Å². The molecular formula is C8H17N3O. The van der Waals surface area contributed by atoms with Crippen LogP contribution in [0.5, 0.6) is 0 Å². The van der Waals surface area contributed by atoms with E-state index in [9.17, 15) is 4.79 Å². The molecule has 2 amide bonds. The van der Waals surface area contributed by atoms with E-state index in [4.69, 9.17) is 5.73 Å². The Bertz CT molecular complexity index is 160. The van der Waals surface area contributed by atoms with Gasteiger partial charge in [-0.05, 0) is 25.8 Å². The van der Waals surface area contributed by atoms with Gasteiger partial charge in [-0.3, -0.25) is 0 Å². The van der Waals surface area contributed by atoms with E-state index < -0.39 is 0 Å². The molecule has 1 heterocycles. The summed E-state index contributed by atoms with van der Waals surface area (Å²) in [6.07, 6.45) is 3.14. The average molecular weight is 171 g/mol. The Labute approximate surface area is 73.1 Å². The van der Waals surface area contributed by atoms with E-state index in [1.54, 1.807) is 7.05 Å². The second-order valence-electron chi connectivity index (χ2n) is 3.12. The van der Waals surface area contributed by atoms with Crippen molar-refractivity contribution in [1.29, 1.82) is 0 Å². The van der Waals surface area contributed by atoms with Gasteiger partial charge >= 0.3 is 6.03 Å². The fourth-order valence-corrected chi connectivity index (χ4v) is 1.74. The molecule has 0 bridgehead atoms. The van der Waals surface area contributed by atoms with E-state index in [0.717, 1.165) is 25.8 Å². The Kier molecular flexibility index (Phi) is 3.34. The molecule has 0 saturated carbocycles. The third-order valence-corrected chi connectivity index (χ3v) is 2.35. The van der Waals surface area contributed by atoms with Gasteiger partial charge in [-0.15, -0.1) is 0 Å². The highest BCUT2D eigenvalue weighted by Gasteiger charge is 2.26. The van der Waals surface area contributed by atoms with Crippen molar-refractivity contribution in [1.82, 2.24) is 10.2 Å². The molecule has 4 nitrogen and oxygen atoms in total. The van der Waals surface area contributed by atoms with Crippen LogP contribution in [0, 0.1) is 0 Å². The summed E-state index contributed by atoms with van der Waals surface area (Å²) < 4.78 is 0. The quantitative estimate of drug-likeness (QED) is 0.621. The molecule has 0 aromatic carbocycles. The van der Waals surface area contributed by atoms with Crippen molar-refractivity contribution < 1.29 is 4.79 Å². The van der Waals surface area contributed by atoms with Crippen LogP contribution in [0.1, 0.15) is 19.3 Å². The van der Waals surface area contributed by atoms with Gasteiger partial charge in [0.15, 0.2) is 0 Å². The lowest BCUT2D eigenvalue weighted by atomic mass is 10.1. The number of hydrogen-bond acceptors (Lipinski definition) is 2. The first-order chi connectivity index (χ1) is 5.79. The lowest BCUT2D eigenvalue weighted by molar-refractivity contribution is 0.193. The molecule has 1 fully saturated rings. The van der Waals surface area contributed by atoms with Gasteiger partial charge in [-0.1, -0.05) is 0 Å². The molecule has 3 N–H and O–H groups in total. The van der Waals surface area contributed by atoms with E-state index in [1.165, 1.54) is 0 Å². The highest BCUT2D eigenvalue weighted by atomic mass is 16.2. The molecule has 12 heavy (non-hydrogen) atoms. The molecule has 4 heteroatoms. The lowest BCUT2D eigenvalue weighted by Crippen LogP contribution is -2.41. The van der Waals surface area contributed by atoms with Gasteiger partial charge in [0.1, 0.15) is 0 Å². The number of likely N-dealkylation sites (tertiary alicyclic amines) is 1. The maximum atomic E-state index is 11.3. The van der Waals surface area contributed by atoms with Crippen LogP contribution in [0.25, 0.3) is 0 Å². The zero-order chi connectivity index (χ0) is 8.97. The lowest BCUT2D eigenvalue weighted by Gasteiger charge is -2.23. The topological polar surface area (TPSA) is 58.4 Å². The van der Waals surface area contributed by atoms with Crippen LogP contribution in [0.4, 0.5) is 4.79 Å². The monoisotopic (exact) mass is 171 g/mol. The average Bonchev–Trinajstić information content (AvgIpc) is 2.52. The molecule has 0 radical (unpaired) electrons. The summed E-state index contributed by atoms with van der Waals surface area (Å²) in [5.74, 6) is 0. The van der Waals surface area contributed by atoms with Crippen LogP contribution in [-0.2, 0) is 0 Å². The number of carbonyl (C=O) groups excluding carboxylic acids is 1. The van der Waals surface area contributed by atoms with Crippen LogP contribution in [0.15, 0.2) is 0 Å². The summed E-state index contributed by atoms with van der Waals surface area (Å²) >= 11 is 0. The standard InChI is InChI=1S/C8H17N3O/c1-10-8(12)11-6-2-3-7(11)4-5-9/h7H,2-6,9H2,1H3,(H,10,12). The first kappa shape index (κ1) is 9.32. The number of nitrogens with two attached hydrogens (primary N) is 1. The van der Waals surface area contributed by atoms with Crippen molar-refractivity contribution in [2.24, 2.45) is 5.73 Å². The molecule has 1 atom stereocenters. The van der Waals surface area contributed by atoms with Crippen molar-refractivity contribution in [3.8, 4) is 0 Å². The number of amides is 2. The third kappa shape index (κ3) is 1.88. The highest BCUT2D eigenvalue weighted by molar-refractivity contribution is 5.74. The van der Waals surface area contributed by atoms with E-state index in [2.05, 4.69) is 5.32 Å². The van der Waals surface area contributed by atoms with Crippen LogP contribution >= 0.6 is 0 Å². The second-order valence-corrected chi connectivity index (χ2v) is 3.12. The molecule has 1 saturated heterocycles. The van der Waals surface area contributed by atoms with Gasteiger partial charge < -0.3 is 16.0 Å². The summed E-state index contributed by atoms with van der Waals surface area (Å²) in [6, 6.07) is 0.404. The molecule has 0 aromatic heterocycles. The van der Waals surface area contributed by atoms with Gasteiger partial charge in [0.25, 0.3) is 0 Å². The number of carbonyl (C=O) groups is 1. The van der Waals surface area contributed by atoms with Gasteiger partial charge in [0.05, 0.1) is 0 Å². The van der Waals surface area contributed by atoms with Crippen LogP contribution in [-0.4, -0.2) is 37.1 Å². The number of rotatable bonds is 2. The molecule has 1 aliphatic heterocycles. The zero-order valence-electron chi connectivity index (χ0n) is 7.55. The van der Waals surface area contributed by atoms with Crippen molar-refractivity contribution in [3.63, 3.8) is 0 Å². The van der Waals surface area contributed by atoms with Gasteiger partial charge in [0, 0.05) is 19.6 Å². The Balaban J connectivity index is 2.45. The molecule has 70 valence electrons. The normalized spacial score (nSPS) is 22.8. The predicted octanol–water partition coefficient (Wildman–Crippen LogP) is 0.139. The van der Waals surface area contributed by atoms with Gasteiger partial charge in [-0.2, -0.15) is 0 Å². The number of urea groups is 1. The molecule has 1 unspecified atom stereocenters. The predicted molar refractivity (Wildman–Crippen MR) is 47.9 cm³/mol. The smallest absolute Gasteiger partial charge is 0.317 e. The summed E-state index contributed by atoms with van der Waals surface area (Å²) in [6.45, 7) is 1.54. The third-order valence-electron chi connectivity index (χ3n) is 2.35. The van der Waals surface area contributed by atoms with Crippen LogP contribution in [0.2, 0.25) is 0 Å².